The van der Waals surface area contributed by atoms with E-state index < -0.39 is 41.6 Å². The summed E-state index contributed by atoms with van der Waals surface area (Å²) in [4.78, 5) is 45.6. The highest BCUT2D eigenvalue weighted by Crippen LogP contribution is 2.55. The molecule has 2 saturated heterocycles. The van der Waals surface area contributed by atoms with Gasteiger partial charge in [0.1, 0.15) is 17.6 Å². The van der Waals surface area contributed by atoms with Crippen LogP contribution in [0.1, 0.15) is 57.6 Å². The maximum Gasteiger partial charge on any atom is 0.312 e. The van der Waals surface area contributed by atoms with E-state index in [2.05, 4.69) is 6.92 Å². The third-order valence-corrected chi connectivity index (χ3v) is 8.50. The number of cyclic esters (lactones) is 1. The Labute approximate surface area is 224 Å². The van der Waals surface area contributed by atoms with Crippen LogP contribution in [0, 0.1) is 11.8 Å². The number of rotatable bonds is 6. The number of fused-ring (bicyclic) bond motifs is 2. The van der Waals surface area contributed by atoms with E-state index in [9.17, 15) is 19.5 Å². The van der Waals surface area contributed by atoms with Crippen LogP contribution in [0.3, 0.4) is 0 Å². The van der Waals surface area contributed by atoms with Crippen LogP contribution < -0.4 is 0 Å². The third kappa shape index (κ3) is 4.37. The number of aliphatic hydroxyl groups is 1. The largest absolute Gasteiger partial charge is 0.465 e. The molecule has 1 spiro atoms. The fourth-order valence-corrected chi connectivity index (χ4v) is 6.71. The smallest absolute Gasteiger partial charge is 0.312 e. The second-order valence-electron chi connectivity index (χ2n) is 10.8. The Balaban J connectivity index is 1.65. The van der Waals surface area contributed by atoms with E-state index in [1.807, 2.05) is 61.6 Å². The van der Waals surface area contributed by atoms with Crippen molar-refractivity contribution in [3.8, 4) is 0 Å². The SMILES string of the molecule is CCCC(C)N1CC=C[C@]23O[C@@H]4/C=C\CCCCOC(=O)[C@@H]4[C@H]2C(=O)N([C@H](CO)c2ccccc2)C3C1=O. The number of aliphatic hydroxyl groups excluding tert-OH is 1. The van der Waals surface area contributed by atoms with Crippen LogP contribution in [0.4, 0.5) is 0 Å². The van der Waals surface area contributed by atoms with E-state index in [1.54, 1.807) is 4.90 Å². The fraction of sp³-hybridized carbons (Fsp3) is 0.567. The summed E-state index contributed by atoms with van der Waals surface area (Å²) >= 11 is 0. The van der Waals surface area contributed by atoms with Crippen molar-refractivity contribution >= 4 is 17.8 Å². The molecular weight excluding hydrogens is 484 g/mol. The van der Waals surface area contributed by atoms with Crippen molar-refractivity contribution in [1.29, 1.82) is 0 Å². The first-order valence-corrected chi connectivity index (χ1v) is 13.9. The topological polar surface area (TPSA) is 96.4 Å². The number of ether oxygens (including phenoxy) is 2. The minimum atomic E-state index is -1.34. The summed E-state index contributed by atoms with van der Waals surface area (Å²) in [6.07, 6.45) is 11.1. The first-order chi connectivity index (χ1) is 18.4. The van der Waals surface area contributed by atoms with Crippen molar-refractivity contribution in [2.75, 3.05) is 19.8 Å². The van der Waals surface area contributed by atoms with Gasteiger partial charge in [-0.1, -0.05) is 68.0 Å². The summed E-state index contributed by atoms with van der Waals surface area (Å²) in [5.41, 5.74) is -0.623. The Morgan fingerprint density at radius 2 is 1.89 bits per heavy atom. The molecule has 204 valence electrons. The molecule has 8 nitrogen and oxygen atoms in total. The number of allylic oxidation sites excluding steroid dienone is 1. The molecule has 1 N–H and O–H groups in total. The van der Waals surface area contributed by atoms with Crippen LogP contribution in [-0.2, 0) is 23.9 Å². The molecule has 0 radical (unpaired) electrons. The van der Waals surface area contributed by atoms with E-state index >= 15 is 0 Å². The molecule has 2 unspecified atom stereocenters. The average Bonchev–Trinajstić information content (AvgIpc) is 3.30. The molecule has 2 fully saturated rings. The lowest BCUT2D eigenvalue weighted by molar-refractivity contribution is -0.157. The molecule has 8 heteroatoms. The van der Waals surface area contributed by atoms with Gasteiger partial charge in [0.25, 0.3) is 0 Å². The molecule has 1 aromatic rings. The van der Waals surface area contributed by atoms with Gasteiger partial charge in [-0.05, 0) is 38.2 Å². The predicted molar refractivity (Wildman–Crippen MR) is 141 cm³/mol. The zero-order valence-corrected chi connectivity index (χ0v) is 22.2. The Bertz CT molecular complexity index is 1100. The van der Waals surface area contributed by atoms with Crippen LogP contribution >= 0.6 is 0 Å². The van der Waals surface area contributed by atoms with Crippen molar-refractivity contribution in [3.05, 3.63) is 60.2 Å². The minimum absolute atomic E-state index is 0.0421. The molecule has 4 heterocycles. The first kappa shape index (κ1) is 26.6. The summed E-state index contributed by atoms with van der Waals surface area (Å²) in [6, 6.07) is 7.41. The van der Waals surface area contributed by atoms with Crippen molar-refractivity contribution in [1.82, 2.24) is 9.80 Å². The molecule has 1 aromatic carbocycles. The van der Waals surface area contributed by atoms with Gasteiger partial charge in [0.2, 0.25) is 11.8 Å². The number of esters is 1. The standard InChI is InChI=1S/C30H38N2O6/c1-3-12-20(2)31-17-11-16-30-25(24-23(38-30)15-9-4-5-10-18-37-29(24)36)27(34)32(26(30)28(31)35)22(19-33)21-13-7-6-8-14-21/h6-9,11,13-16,20,22-26,33H,3-5,10,12,17-19H2,1-2H3/b15-9-/t20?,22-,23-,24+,25+,26?,30+/m1/s1. The molecular formula is C30H38N2O6. The van der Waals surface area contributed by atoms with Gasteiger partial charge < -0.3 is 24.4 Å². The van der Waals surface area contributed by atoms with Gasteiger partial charge >= 0.3 is 5.97 Å². The van der Waals surface area contributed by atoms with E-state index in [1.165, 1.54) is 4.90 Å². The number of carbonyl (C=O) groups is 3. The maximum atomic E-state index is 14.4. The first-order valence-electron chi connectivity index (χ1n) is 13.9. The summed E-state index contributed by atoms with van der Waals surface area (Å²) in [6.45, 7) is 4.41. The Kier molecular flexibility index (Phi) is 7.73. The molecule has 5 rings (SSSR count). The zero-order valence-electron chi connectivity index (χ0n) is 22.2. The van der Waals surface area contributed by atoms with E-state index in [0.29, 0.717) is 6.54 Å². The van der Waals surface area contributed by atoms with Crippen LogP contribution in [0.15, 0.2) is 54.6 Å². The normalized spacial score (nSPS) is 33.6. The van der Waals surface area contributed by atoms with E-state index in [4.69, 9.17) is 9.47 Å². The number of amides is 2. The maximum absolute atomic E-state index is 14.4. The highest BCUT2D eigenvalue weighted by Gasteiger charge is 2.72. The van der Waals surface area contributed by atoms with Gasteiger partial charge in [0.15, 0.2) is 0 Å². The van der Waals surface area contributed by atoms with Crippen LogP contribution in [-0.4, -0.2) is 76.2 Å². The molecule has 7 atom stereocenters. The Morgan fingerprint density at radius 1 is 1.11 bits per heavy atom. The number of carbonyl (C=O) groups excluding carboxylic acids is 3. The monoisotopic (exact) mass is 522 g/mol. The Morgan fingerprint density at radius 3 is 2.63 bits per heavy atom. The second kappa shape index (κ2) is 11.0. The van der Waals surface area contributed by atoms with E-state index in [-0.39, 0.29) is 31.1 Å². The lowest BCUT2D eigenvalue weighted by Crippen LogP contribution is -2.57. The summed E-state index contributed by atoms with van der Waals surface area (Å²) in [5, 5.41) is 10.6. The molecule has 2 amide bonds. The molecule has 38 heavy (non-hydrogen) atoms. The molecule has 4 aliphatic rings. The third-order valence-electron chi connectivity index (χ3n) is 8.50. The summed E-state index contributed by atoms with van der Waals surface area (Å²) in [5.74, 6) is -2.87. The van der Waals surface area contributed by atoms with Crippen LogP contribution in [0.2, 0.25) is 0 Å². The minimum Gasteiger partial charge on any atom is -0.465 e. The van der Waals surface area contributed by atoms with Gasteiger partial charge in [-0.2, -0.15) is 0 Å². The van der Waals surface area contributed by atoms with Gasteiger partial charge in [0.05, 0.1) is 31.3 Å². The van der Waals surface area contributed by atoms with Crippen molar-refractivity contribution in [2.24, 2.45) is 11.8 Å². The number of hydrogen-bond acceptors (Lipinski definition) is 6. The number of nitrogens with zero attached hydrogens (tertiary/aromatic N) is 2. The lowest BCUT2D eigenvalue weighted by Gasteiger charge is -2.40. The van der Waals surface area contributed by atoms with Gasteiger partial charge in [-0.15, -0.1) is 0 Å². The molecule has 4 aliphatic heterocycles. The van der Waals surface area contributed by atoms with Gasteiger partial charge in [0, 0.05) is 12.6 Å². The fourth-order valence-electron chi connectivity index (χ4n) is 6.71. The van der Waals surface area contributed by atoms with Gasteiger partial charge in [-0.25, -0.2) is 0 Å². The van der Waals surface area contributed by atoms with E-state index in [0.717, 1.165) is 37.7 Å². The summed E-state index contributed by atoms with van der Waals surface area (Å²) in [7, 11) is 0. The average molecular weight is 523 g/mol. The highest BCUT2D eigenvalue weighted by molar-refractivity contribution is 5.99. The second-order valence-corrected chi connectivity index (χ2v) is 10.8. The van der Waals surface area contributed by atoms with Gasteiger partial charge in [-0.3, -0.25) is 14.4 Å². The lowest BCUT2D eigenvalue weighted by atomic mass is 9.77. The van der Waals surface area contributed by atoms with Crippen molar-refractivity contribution in [2.45, 2.75) is 75.8 Å². The Hall–Kier alpha value is -2.97. The summed E-state index contributed by atoms with van der Waals surface area (Å²) < 4.78 is 12.3. The number of likely N-dealkylation sites (tertiary alicyclic amines) is 1. The number of benzene rings is 1. The predicted octanol–water partition coefficient (Wildman–Crippen LogP) is 3.17. The molecule has 0 bridgehead atoms. The quantitative estimate of drug-likeness (QED) is 0.456. The molecule has 0 saturated carbocycles. The zero-order chi connectivity index (χ0) is 26.9. The van der Waals surface area contributed by atoms with Crippen LogP contribution in [0.5, 0.6) is 0 Å². The number of hydrogen-bond donors (Lipinski definition) is 1. The molecule has 0 aromatic heterocycles. The van der Waals surface area contributed by atoms with Crippen LogP contribution in [0.25, 0.3) is 0 Å². The molecule has 0 aliphatic carbocycles. The highest BCUT2D eigenvalue weighted by atomic mass is 16.6. The van der Waals surface area contributed by atoms with Crippen molar-refractivity contribution < 1.29 is 29.0 Å². The van der Waals surface area contributed by atoms with Crippen molar-refractivity contribution in [3.63, 3.8) is 0 Å².